The third-order valence-electron chi connectivity index (χ3n) is 5.85. The van der Waals surface area contributed by atoms with Gasteiger partial charge in [0, 0.05) is 11.1 Å². The van der Waals surface area contributed by atoms with E-state index in [2.05, 4.69) is 43.8 Å². The van der Waals surface area contributed by atoms with Crippen molar-refractivity contribution in [3.05, 3.63) is 82.4 Å². The number of fused-ring (bicyclic) bond motifs is 2. The Morgan fingerprint density at radius 1 is 1.11 bits per heavy atom. The minimum Gasteiger partial charge on any atom is -0.394 e. The van der Waals surface area contributed by atoms with Gasteiger partial charge in [0.05, 0.1) is 13.2 Å². The van der Waals surface area contributed by atoms with E-state index < -0.39 is 30.7 Å². The van der Waals surface area contributed by atoms with Crippen molar-refractivity contribution in [2.75, 3.05) is 6.61 Å². The monoisotopic (exact) mass is 382 g/mol. The molecule has 0 amide bonds. The number of hydrogen-bond donors (Lipinski definition) is 3. The average Bonchev–Trinajstić information content (AvgIpc) is 3.10. The second-order valence-corrected chi connectivity index (χ2v) is 7.49. The van der Waals surface area contributed by atoms with Crippen LogP contribution < -0.4 is 0 Å². The molecule has 0 radical (unpaired) electrons. The van der Waals surface area contributed by atoms with Crippen molar-refractivity contribution < 1.29 is 24.8 Å². The van der Waals surface area contributed by atoms with E-state index in [4.69, 9.17) is 9.47 Å². The molecule has 28 heavy (non-hydrogen) atoms. The number of aliphatic hydroxyl groups is 3. The molecule has 1 saturated heterocycles. The quantitative estimate of drug-likeness (QED) is 0.707. The standard InChI is InChI=1S/C23H26O5/c1-3-15-7-9-16(10-8-15)11-17-5-4-6-19-18(17)13-27-23(19)14(2)21(25)22(26)20(12-24)28-23/h4-10,20-22,24-26H,2-3,11-13H2,1H3/t20-,21-,22-,23-/m1/s1. The molecule has 0 saturated carbocycles. The highest BCUT2D eigenvalue weighted by Gasteiger charge is 2.54. The van der Waals surface area contributed by atoms with Gasteiger partial charge in [0.15, 0.2) is 0 Å². The van der Waals surface area contributed by atoms with Crippen LogP contribution in [0.2, 0.25) is 0 Å². The normalized spacial score (nSPS) is 29.3. The maximum atomic E-state index is 10.4. The number of aryl methyl sites for hydroxylation is 1. The summed E-state index contributed by atoms with van der Waals surface area (Å²) in [6, 6.07) is 14.5. The zero-order chi connectivity index (χ0) is 19.9. The van der Waals surface area contributed by atoms with E-state index in [1.165, 1.54) is 11.1 Å². The lowest BCUT2D eigenvalue weighted by molar-refractivity contribution is -0.292. The summed E-state index contributed by atoms with van der Waals surface area (Å²) in [5.74, 6) is -1.34. The molecule has 2 heterocycles. The lowest BCUT2D eigenvalue weighted by Gasteiger charge is -2.44. The van der Waals surface area contributed by atoms with Crippen LogP contribution in [0.25, 0.3) is 0 Å². The Bertz CT molecular complexity index is 875. The van der Waals surface area contributed by atoms with Crippen molar-refractivity contribution in [3.63, 3.8) is 0 Å². The number of ether oxygens (including phenoxy) is 2. The Morgan fingerprint density at radius 3 is 2.50 bits per heavy atom. The van der Waals surface area contributed by atoms with E-state index in [9.17, 15) is 15.3 Å². The molecule has 2 aromatic carbocycles. The van der Waals surface area contributed by atoms with Gasteiger partial charge in [-0.15, -0.1) is 0 Å². The van der Waals surface area contributed by atoms with Crippen LogP contribution in [0.4, 0.5) is 0 Å². The first-order valence-corrected chi connectivity index (χ1v) is 9.67. The Hall–Kier alpha value is -2.02. The Kier molecular flexibility index (Phi) is 5.12. The fraction of sp³-hybridized carbons (Fsp3) is 0.391. The van der Waals surface area contributed by atoms with E-state index in [-0.39, 0.29) is 5.57 Å². The minimum absolute atomic E-state index is 0.257. The second kappa shape index (κ2) is 7.43. The second-order valence-electron chi connectivity index (χ2n) is 7.49. The molecule has 0 unspecified atom stereocenters. The number of benzene rings is 2. The summed E-state index contributed by atoms with van der Waals surface area (Å²) in [6.07, 6.45) is -1.65. The van der Waals surface area contributed by atoms with Gasteiger partial charge in [0.2, 0.25) is 5.79 Å². The zero-order valence-corrected chi connectivity index (χ0v) is 16.0. The van der Waals surface area contributed by atoms with Crippen molar-refractivity contribution in [1.29, 1.82) is 0 Å². The Balaban J connectivity index is 1.69. The average molecular weight is 382 g/mol. The van der Waals surface area contributed by atoms with Crippen LogP contribution in [0, 0.1) is 0 Å². The third kappa shape index (κ3) is 3.00. The molecule has 2 aliphatic rings. The largest absolute Gasteiger partial charge is 0.394 e. The molecular formula is C23H26O5. The predicted octanol–water partition coefficient (Wildman–Crippen LogP) is 2.19. The van der Waals surface area contributed by atoms with Gasteiger partial charge in [-0.05, 0) is 35.1 Å². The molecule has 148 valence electrons. The highest BCUT2D eigenvalue weighted by Crippen LogP contribution is 2.48. The predicted molar refractivity (Wildman–Crippen MR) is 105 cm³/mol. The lowest BCUT2D eigenvalue weighted by Crippen LogP contribution is -2.55. The summed E-state index contributed by atoms with van der Waals surface area (Å²) in [5.41, 5.74) is 5.68. The van der Waals surface area contributed by atoms with Crippen molar-refractivity contribution in [2.45, 2.75) is 50.5 Å². The molecule has 0 aliphatic carbocycles. The van der Waals surface area contributed by atoms with Crippen molar-refractivity contribution in [1.82, 2.24) is 0 Å². The smallest absolute Gasteiger partial charge is 0.221 e. The first-order valence-electron chi connectivity index (χ1n) is 9.67. The lowest BCUT2D eigenvalue weighted by atomic mass is 9.85. The zero-order valence-electron chi connectivity index (χ0n) is 16.0. The van der Waals surface area contributed by atoms with Crippen LogP contribution in [-0.2, 0) is 34.7 Å². The van der Waals surface area contributed by atoms with E-state index in [0.717, 1.165) is 29.5 Å². The number of rotatable bonds is 4. The van der Waals surface area contributed by atoms with Gasteiger partial charge in [-0.2, -0.15) is 0 Å². The molecule has 2 aliphatic heterocycles. The van der Waals surface area contributed by atoms with E-state index in [1.807, 2.05) is 12.1 Å². The van der Waals surface area contributed by atoms with Crippen molar-refractivity contribution >= 4 is 0 Å². The molecule has 5 heteroatoms. The molecule has 4 rings (SSSR count). The minimum atomic E-state index is -1.34. The van der Waals surface area contributed by atoms with Crippen molar-refractivity contribution in [2.24, 2.45) is 0 Å². The summed E-state index contributed by atoms with van der Waals surface area (Å²) in [7, 11) is 0. The molecule has 1 spiro atoms. The fourth-order valence-electron chi connectivity index (χ4n) is 4.11. The molecule has 4 atom stereocenters. The van der Waals surface area contributed by atoms with Gasteiger partial charge in [-0.1, -0.05) is 56.0 Å². The Labute approximate surface area is 164 Å². The summed E-state index contributed by atoms with van der Waals surface area (Å²) in [5, 5.41) is 30.1. The Morgan fingerprint density at radius 2 is 1.82 bits per heavy atom. The third-order valence-corrected chi connectivity index (χ3v) is 5.85. The summed E-state index contributed by atoms with van der Waals surface area (Å²) in [6.45, 7) is 5.97. The first kappa shape index (κ1) is 19.3. The van der Waals surface area contributed by atoms with Gasteiger partial charge in [0.1, 0.15) is 18.3 Å². The van der Waals surface area contributed by atoms with Gasteiger partial charge < -0.3 is 24.8 Å². The van der Waals surface area contributed by atoms with E-state index in [0.29, 0.717) is 6.61 Å². The number of hydrogen-bond acceptors (Lipinski definition) is 5. The molecule has 5 nitrogen and oxygen atoms in total. The topological polar surface area (TPSA) is 79.2 Å². The summed E-state index contributed by atoms with van der Waals surface area (Å²) >= 11 is 0. The van der Waals surface area contributed by atoms with Crippen LogP contribution in [0.5, 0.6) is 0 Å². The van der Waals surface area contributed by atoms with E-state index in [1.54, 1.807) is 0 Å². The van der Waals surface area contributed by atoms with Crippen LogP contribution in [0.1, 0.15) is 34.7 Å². The van der Waals surface area contributed by atoms with Crippen LogP contribution in [0.3, 0.4) is 0 Å². The fourth-order valence-corrected chi connectivity index (χ4v) is 4.11. The summed E-state index contributed by atoms with van der Waals surface area (Å²) in [4.78, 5) is 0. The molecule has 1 fully saturated rings. The van der Waals surface area contributed by atoms with Gasteiger partial charge in [-0.25, -0.2) is 0 Å². The van der Waals surface area contributed by atoms with Crippen LogP contribution in [-0.4, -0.2) is 40.2 Å². The van der Waals surface area contributed by atoms with Gasteiger partial charge >= 0.3 is 0 Å². The SMILES string of the molecule is C=C1[C@@H](O)[C@H](O)[C@@H](CO)O[C@]12OCc1c(Cc3ccc(CC)cc3)cccc12. The van der Waals surface area contributed by atoms with Gasteiger partial charge in [0.25, 0.3) is 0 Å². The molecular weight excluding hydrogens is 356 g/mol. The highest BCUT2D eigenvalue weighted by molar-refractivity contribution is 5.47. The number of aliphatic hydroxyl groups excluding tert-OH is 3. The molecule has 0 aromatic heterocycles. The first-order chi connectivity index (χ1) is 13.5. The van der Waals surface area contributed by atoms with Crippen molar-refractivity contribution in [3.8, 4) is 0 Å². The van der Waals surface area contributed by atoms with Crippen LogP contribution in [0.15, 0.2) is 54.6 Å². The van der Waals surface area contributed by atoms with E-state index >= 15 is 0 Å². The molecule has 3 N–H and O–H groups in total. The van der Waals surface area contributed by atoms with Gasteiger partial charge in [-0.3, -0.25) is 0 Å². The summed E-state index contributed by atoms with van der Waals surface area (Å²) < 4.78 is 12.0. The maximum absolute atomic E-state index is 10.4. The highest BCUT2D eigenvalue weighted by atomic mass is 16.7. The van der Waals surface area contributed by atoms with Crippen LogP contribution >= 0.6 is 0 Å². The molecule has 2 aromatic rings. The maximum Gasteiger partial charge on any atom is 0.221 e. The molecule has 0 bridgehead atoms.